The Bertz CT molecular complexity index is 988. The van der Waals surface area contributed by atoms with E-state index in [-0.39, 0.29) is 11.6 Å². The Morgan fingerprint density at radius 1 is 1.22 bits per heavy atom. The molecule has 2 aromatic rings. The second-order valence-corrected chi connectivity index (χ2v) is 7.65. The normalized spacial score (nSPS) is 11.2. The Labute approximate surface area is 193 Å². The van der Waals surface area contributed by atoms with Gasteiger partial charge in [-0.1, -0.05) is 20.8 Å². The third-order valence-corrected chi connectivity index (χ3v) is 5.63. The van der Waals surface area contributed by atoms with Crippen molar-refractivity contribution in [1.82, 2.24) is 9.47 Å². The van der Waals surface area contributed by atoms with Crippen molar-refractivity contribution < 1.29 is 14.3 Å². The van der Waals surface area contributed by atoms with Crippen LogP contribution in [-0.4, -0.2) is 47.8 Å². The fourth-order valence-electron chi connectivity index (χ4n) is 3.62. The van der Waals surface area contributed by atoms with E-state index < -0.39 is 0 Å². The highest BCUT2D eigenvalue weighted by molar-refractivity contribution is 5.99. The first kappa shape index (κ1) is 27.2. The van der Waals surface area contributed by atoms with Gasteiger partial charge in [0.05, 0.1) is 13.5 Å². The molecule has 0 atom stereocenters. The molecule has 0 saturated carbocycles. The fourth-order valence-corrected chi connectivity index (χ4v) is 3.62. The van der Waals surface area contributed by atoms with E-state index in [1.54, 1.807) is 21.0 Å². The number of aromatic nitrogens is 1. The standard InChI is InChI=1S/C24H34N2O3.C3H4/c1-7-20(28)15-21(29-6)16-24-17(4)22-14-19(18(5)27)10-11-23(22)26(24)13-12-25(8-2)9-3;1-3-2/h10-11,14,16H,7-9,12-13,15H2,1-6H3;1H,2H3/b21-16+;. The number of hydrogen-bond acceptors (Lipinski definition) is 4. The summed E-state index contributed by atoms with van der Waals surface area (Å²) in [6.45, 7) is 15.3. The van der Waals surface area contributed by atoms with Crippen LogP contribution in [0.4, 0.5) is 0 Å². The minimum Gasteiger partial charge on any atom is -0.501 e. The third-order valence-electron chi connectivity index (χ3n) is 5.63. The summed E-state index contributed by atoms with van der Waals surface area (Å²) in [5.74, 6) is 3.13. The van der Waals surface area contributed by atoms with Crippen molar-refractivity contribution in [3.63, 3.8) is 0 Å². The van der Waals surface area contributed by atoms with Crippen molar-refractivity contribution in [2.75, 3.05) is 26.7 Å². The molecule has 0 bridgehead atoms. The molecule has 0 amide bonds. The molecule has 0 aliphatic carbocycles. The van der Waals surface area contributed by atoms with Crippen molar-refractivity contribution in [1.29, 1.82) is 0 Å². The van der Waals surface area contributed by atoms with Crippen LogP contribution in [0.5, 0.6) is 0 Å². The summed E-state index contributed by atoms with van der Waals surface area (Å²) in [6, 6.07) is 5.90. The second kappa shape index (κ2) is 13.5. The molecule has 1 aromatic carbocycles. The second-order valence-electron chi connectivity index (χ2n) is 7.65. The maximum atomic E-state index is 12.0. The highest BCUT2D eigenvalue weighted by Crippen LogP contribution is 2.29. The minimum absolute atomic E-state index is 0.0606. The summed E-state index contributed by atoms with van der Waals surface area (Å²) in [5, 5.41) is 1.07. The highest BCUT2D eigenvalue weighted by atomic mass is 16.5. The van der Waals surface area contributed by atoms with Gasteiger partial charge in [-0.15, -0.1) is 12.3 Å². The average molecular weight is 439 g/mol. The molecule has 0 saturated heterocycles. The van der Waals surface area contributed by atoms with E-state index in [2.05, 4.69) is 42.6 Å². The lowest BCUT2D eigenvalue weighted by molar-refractivity contribution is -0.118. The van der Waals surface area contributed by atoms with Crippen LogP contribution in [0.15, 0.2) is 24.0 Å². The lowest BCUT2D eigenvalue weighted by atomic mass is 10.1. The number of aryl methyl sites for hydroxylation is 1. The van der Waals surface area contributed by atoms with Crippen LogP contribution in [0.1, 0.15) is 69.1 Å². The first-order valence-corrected chi connectivity index (χ1v) is 11.3. The minimum atomic E-state index is 0.0606. The van der Waals surface area contributed by atoms with Gasteiger partial charge in [0, 0.05) is 47.7 Å². The van der Waals surface area contributed by atoms with E-state index in [1.807, 2.05) is 31.2 Å². The lowest BCUT2D eigenvalue weighted by Gasteiger charge is -2.20. The smallest absolute Gasteiger partial charge is 0.159 e. The van der Waals surface area contributed by atoms with E-state index in [9.17, 15) is 9.59 Å². The lowest BCUT2D eigenvalue weighted by Crippen LogP contribution is -2.27. The zero-order valence-electron chi connectivity index (χ0n) is 20.7. The molecule has 0 N–H and O–H groups in total. The first-order valence-electron chi connectivity index (χ1n) is 11.3. The van der Waals surface area contributed by atoms with E-state index in [1.165, 1.54) is 0 Å². The topological polar surface area (TPSA) is 51.5 Å². The summed E-state index contributed by atoms with van der Waals surface area (Å²) in [6.07, 6.45) is 7.37. The van der Waals surface area contributed by atoms with Crippen LogP contribution >= 0.6 is 0 Å². The Hall–Kier alpha value is -2.84. The number of fused-ring (bicyclic) bond motifs is 1. The Balaban J connectivity index is 0.00000161. The van der Waals surface area contributed by atoms with Gasteiger partial charge in [0.2, 0.25) is 0 Å². The van der Waals surface area contributed by atoms with Gasteiger partial charge < -0.3 is 14.2 Å². The van der Waals surface area contributed by atoms with Crippen LogP contribution in [0, 0.1) is 19.3 Å². The molecular formula is C27H38N2O3. The van der Waals surface area contributed by atoms with Crippen molar-refractivity contribution in [3.05, 3.63) is 40.8 Å². The Morgan fingerprint density at radius 3 is 2.34 bits per heavy atom. The molecule has 32 heavy (non-hydrogen) atoms. The zero-order valence-corrected chi connectivity index (χ0v) is 20.7. The summed E-state index contributed by atoms with van der Waals surface area (Å²) >= 11 is 0. The van der Waals surface area contributed by atoms with Gasteiger partial charge in [-0.05, 0) is 57.6 Å². The van der Waals surface area contributed by atoms with Crippen LogP contribution in [0.25, 0.3) is 17.0 Å². The average Bonchev–Trinajstić information content (AvgIpc) is 3.04. The number of ether oxygens (including phenoxy) is 1. The number of carbonyl (C=O) groups excluding carboxylic acids is 2. The number of methoxy groups -OCH3 is 1. The summed E-state index contributed by atoms with van der Waals surface area (Å²) in [4.78, 5) is 26.2. The highest BCUT2D eigenvalue weighted by Gasteiger charge is 2.16. The quantitative estimate of drug-likeness (QED) is 0.264. The zero-order chi connectivity index (χ0) is 24.3. The maximum Gasteiger partial charge on any atom is 0.159 e. The van der Waals surface area contributed by atoms with Gasteiger partial charge in [0.15, 0.2) is 5.78 Å². The van der Waals surface area contributed by atoms with Crippen LogP contribution in [-0.2, 0) is 16.1 Å². The predicted octanol–water partition coefficient (Wildman–Crippen LogP) is 5.49. The molecule has 1 aromatic heterocycles. The van der Waals surface area contributed by atoms with E-state index in [4.69, 9.17) is 4.74 Å². The largest absolute Gasteiger partial charge is 0.501 e. The summed E-state index contributed by atoms with van der Waals surface area (Å²) < 4.78 is 7.81. The number of nitrogens with zero attached hydrogens (tertiary/aromatic N) is 2. The van der Waals surface area contributed by atoms with E-state index >= 15 is 0 Å². The van der Waals surface area contributed by atoms with Gasteiger partial charge in [0.25, 0.3) is 0 Å². The van der Waals surface area contributed by atoms with Crippen molar-refractivity contribution >= 4 is 28.5 Å². The molecular weight excluding hydrogens is 400 g/mol. The molecule has 0 fully saturated rings. The molecule has 174 valence electrons. The molecule has 1 heterocycles. The number of hydrogen-bond donors (Lipinski definition) is 0. The number of Topliss-reactive ketones (excluding diaryl/α,β-unsaturated/α-hetero) is 2. The molecule has 0 aliphatic rings. The first-order chi connectivity index (χ1) is 15.3. The number of likely N-dealkylation sites (N-methyl/N-ethyl adjacent to an activating group) is 1. The molecule has 2 rings (SSSR count). The van der Waals surface area contributed by atoms with Gasteiger partial charge in [-0.2, -0.15) is 0 Å². The molecule has 0 aliphatic heterocycles. The van der Waals surface area contributed by atoms with Gasteiger partial charge in [-0.25, -0.2) is 0 Å². The molecule has 0 radical (unpaired) electrons. The number of allylic oxidation sites excluding steroid dienone is 1. The number of carbonyl (C=O) groups is 2. The number of ketones is 2. The van der Waals surface area contributed by atoms with E-state index in [0.717, 1.165) is 48.3 Å². The Kier molecular flexibility index (Phi) is 11.5. The molecule has 5 heteroatoms. The van der Waals surface area contributed by atoms with Crippen molar-refractivity contribution in [2.24, 2.45) is 0 Å². The van der Waals surface area contributed by atoms with Crippen LogP contribution in [0.2, 0.25) is 0 Å². The van der Waals surface area contributed by atoms with Gasteiger partial charge in [0.1, 0.15) is 11.5 Å². The maximum absolute atomic E-state index is 12.0. The molecule has 0 unspecified atom stereocenters. The number of benzene rings is 1. The Morgan fingerprint density at radius 2 is 1.84 bits per heavy atom. The summed E-state index contributed by atoms with van der Waals surface area (Å²) in [5.41, 5.74) is 3.95. The molecule has 0 spiro atoms. The van der Waals surface area contributed by atoms with Gasteiger partial charge in [-0.3, -0.25) is 9.59 Å². The SMILES string of the molecule is C#CC.CCC(=O)C/C(=C\c1c(C)c2cc(C(C)=O)ccc2n1CCN(CC)CC)OC. The number of rotatable bonds is 11. The van der Waals surface area contributed by atoms with Crippen molar-refractivity contribution in [3.8, 4) is 12.3 Å². The van der Waals surface area contributed by atoms with Crippen molar-refractivity contribution in [2.45, 2.75) is 60.9 Å². The van der Waals surface area contributed by atoms with E-state index in [0.29, 0.717) is 24.2 Å². The van der Waals surface area contributed by atoms with Crippen LogP contribution in [0.3, 0.4) is 0 Å². The summed E-state index contributed by atoms with van der Waals surface area (Å²) in [7, 11) is 1.61. The predicted molar refractivity (Wildman–Crippen MR) is 134 cm³/mol. The molecule has 5 nitrogen and oxygen atoms in total. The third kappa shape index (κ3) is 7.10. The number of terminal acetylenes is 1. The van der Waals surface area contributed by atoms with Crippen LogP contribution < -0.4 is 0 Å². The monoisotopic (exact) mass is 438 g/mol. The van der Waals surface area contributed by atoms with Gasteiger partial charge >= 0.3 is 0 Å². The fraction of sp³-hybridized carbons (Fsp3) is 0.481.